The van der Waals surface area contributed by atoms with Crippen molar-refractivity contribution in [3.63, 3.8) is 0 Å². The molecule has 0 bridgehead atoms. The van der Waals surface area contributed by atoms with E-state index >= 15 is 0 Å². The Morgan fingerprint density at radius 3 is 2.61 bits per heavy atom. The van der Waals surface area contributed by atoms with Crippen LogP contribution in [0.5, 0.6) is 11.5 Å². The zero-order valence-electron chi connectivity index (χ0n) is 15.4. The van der Waals surface area contributed by atoms with E-state index in [1.807, 2.05) is 43.5 Å². The van der Waals surface area contributed by atoms with Crippen molar-refractivity contribution in [2.75, 3.05) is 18.6 Å². The van der Waals surface area contributed by atoms with Crippen LogP contribution in [0.1, 0.15) is 19.4 Å². The van der Waals surface area contributed by atoms with Crippen LogP contribution in [0.25, 0.3) is 11.3 Å². The fourth-order valence-electron chi connectivity index (χ4n) is 2.46. The number of halogens is 2. The van der Waals surface area contributed by atoms with E-state index in [9.17, 15) is 0 Å². The highest BCUT2D eigenvalue weighted by Gasteiger charge is 2.09. The third-order valence-electron chi connectivity index (χ3n) is 3.65. The molecule has 146 valence electrons. The van der Waals surface area contributed by atoms with Crippen LogP contribution in [0.15, 0.2) is 46.9 Å². The topological polar surface area (TPSA) is 55.7 Å². The number of rotatable bonds is 8. The van der Waals surface area contributed by atoms with Gasteiger partial charge in [0.15, 0.2) is 11.5 Å². The first kappa shape index (κ1) is 20.5. The summed E-state index contributed by atoms with van der Waals surface area (Å²) in [7, 11) is 0. The van der Waals surface area contributed by atoms with Crippen molar-refractivity contribution in [3.8, 4) is 22.8 Å². The Labute approximate surface area is 177 Å². The molecule has 2 aromatic carbocycles. The Bertz CT molecular complexity index is 976. The molecule has 0 atom stereocenters. The molecule has 0 saturated carbocycles. The molecule has 0 saturated heterocycles. The fraction of sp³-hybridized carbons (Fsp3) is 0.200. The minimum atomic E-state index is 0.561. The predicted molar refractivity (Wildman–Crippen MR) is 118 cm³/mol. The molecule has 0 unspecified atom stereocenters. The molecule has 28 heavy (non-hydrogen) atoms. The summed E-state index contributed by atoms with van der Waals surface area (Å²) in [5.74, 6) is 1.42. The monoisotopic (exact) mass is 435 g/mol. The maximum Gasteiger partial charge on any atom is 0.203 e. The van der Waals surface area contributed by atoms with Crippen LogP contribution in [-0.4, -0.2) is 24.4 Å². The molecule has 0 aliphatic heterocycles. The van der Waals surface area contributed by atoms with Crippen LogP contribution in [-0.2, 0) is 0 Å². The SMILES string of the molecule is CCOc1ccc(C=NNc2nc(-c3ccc(Cl)cc3Cl)cs2)cc1OCC. The van der Waals surface area contributed by atoms with Gasteiger partial charge < -0.3 is 9.47 Å². The van der Waals surface area contributed by atoms with Gasteiger partial charge in [0.2, 0.25) is 5.13 Å². The highest BCUT2D eigenvalue weighted by Crippen LogP contribution is 2.32. The summed E-state index contributed by atoms with van der Waals surface area (Å²) in [5, 5.41) is 7.98. The summed E-state index contributed by atoms with van der Waals surface area (Å²) < 4.78 is 11.2. The minimum Gasteiger partial charge on any atom is -0.490 e. The minimum absolute atomic E-state index is 0.561. The van der Waals surface area contributed by atoms with Crippen LogP contribution in [0.4, 0.5) is 5.13 Å². The van der Waals surface area contributed by atoms with Crippen molar-refractivity contribution in [3.05, 3.63) is 57.4 Å². The van der Waals surface area contributed by atoms with Crippen molar-refractivity contribution < 1.29 is 9.47 Å². The summed E-state index contributed by atoms with van der Waals surface area (Å²) in [6.07, 6.45) is 1.70. The molecule has 1 heterocycles. The number of aromatic nitrogens is 1. The number of ether oxygens (including phenoxy) is 2. The zero-order chi connectivity index (χ0) is 19.9. The van der Waals surface area contributed by atoms with Crippen molar-refractivity contribution in [1.29, 1.82) is 0 Å². The van der Waals surface area contributed by atoms with Gasteiger partial charge in [-0.2, -0.15) is 5.10 Å². The van der Waals surface area contributed by atoms with E-state index in [2.05, 4.69) is 15.5 Å². The first-order valence-electron chi connectivity index (χ1n) is 8.70. The third-order valence-corrected chi connectivity index (χ3v) is 4.95. The quantitative estimate of drug-likeness (QED) is 0.330. The first-order valence-corrected chi connectivity index (χ1v) is 10.3. The Morgan fingerprint density at radius 1 is 1.07 bits per heavy atom. The molecule has 0 aliphatic rings. The lowest BCUT2D eigenvalue weighted by atomic mass is 10.2. The fourth-order valence-corrected chi connectivity index (χ4v) is 3.62. The Kier molecular flexibility index (Phi) is 7.14. The molecule has 0 aliphatic carbocycles. The second kappa shape index (κ2) is 9.78. The van der Waals surface area contributed by atoms with E-state index in [1.165, 1.54) is 11.3 Å². The Hall–Kier alpha value is -2.28. The van der Waals surface area contributed by atoms with Gasteiger partial charge in [-0.15, -0.1) is 11.3 Å². The maximum atomic E-state index is 6.24. The molecular weight excluding hydrogens is 417 g/mol. The molecule has 0 radical (unpaired) electrons. The average molecular weight is 436 g/mol. The zero-order valence-corrected chi connectivity index (χ0v) is 17.7. The van der Waals surface area contributed by atoms with Crippen molar-refractivity contribution >= 4 is 45.9 Å². The van der Waals surface area contributed by atoms with Gasteiger partial charge in [-0.05, 0) is 55.8 Å². The number of hydrogen-bond acceptors (Lipinski definition) is 6. The molecule has 0 amide bonds. The first-order chi connectivity index (χ1) is 13.6. The number of thiazole rings is 1. The van der Waals surface area contributed by atoms with Gasteiger partial charge in [0, 0.05) is 16.0 Å². The van der Waals surface area contributed by atoms with Crippen LogP contribution in [0.3, 0.4) is 0 Å². The smallest absolute Gasteiger partial charge is 0.203 e. The normalized spacial score (nSPS) is 11.0. The molecule has 1 N–H and O–H groups in total. The van der Waals surface area contributed by atoms with E-state index in [0.29, 0.717) is 34.1 Å². The highest BCUT2D eigenvalue weighted by molar-refractivity contribution is 7.14. The van der Waals surface area contributed by atoms with Gasteiger partial charge >= 0.3 is 0 Å². The summed E-state index contributed by atoms with van der Waals surface area (Å²) >= 11 is 13.6. The van der Waals surface area contributed by atoms with Crippen molar-refractivity contribution in [2.24, 2.45) is 5.10 Å². The lowest BCUT2D eigenvalue weighted by molar-refractivity contribution is 0.288. The standard InChI is InChI=1S/C20H19Cl2N3O2S/c1-3-26-18-8-5-13(9-19(18)27-4-2)11-23-25-20-24-17(12-28-20)15-7-6-14(21)10-16(15)22/h5-12H,3-4H2,1-2H3,(H,24,25). The van der Waals surface area contributed by atoms with Crippen molar-refractivity contribution in [2.45, 2.75) is 13.8 Å². The number of anilines is 1. The molecule has 8 heteroatoms. The Balaban J connectivity index is 1.70. The van der Waals surface area contributed by atoms with Gasteiger partial charge in [0.25, 0.3) is 0 Å². The van der Waals surface area contributed by atoms with E-state index in [-0.39, 0.29) is 0 Å². The van der Waals surface area contributed by atoms with Crippen molar-refractivity contribution in [1.82, 2.24) is 4.98 Å². The molecular formula is C20H19Cl2N3O2S. The Morgan fingerprint density at radius 2 is 1.86 bits per heavy atom. The van der Waals surface area contributed by atoms with E-state index in [4.69, 9.17) is 32.7 Å². The number of nitrogens with zero attached hydrogens (tertiary/aromatic N) is 2. The van der Waals surface area contributed by atoms with E-state index in [1.54, 1.807) is 18.3 Å². The third kappa shape index (κ3) is 5.16. The van der Waals surface area contributed by atoms with Crippen LogP contribution in [0, 0.1) is 0 Å². The van der Waals surface area contributed by atoms with Gasteiger partial charge in [-0.25, -0.2) is 4.98 Å². The van der Waals surface area contributed by atoms with E-state index in [0.717, 1.165) is 22.6 Å². The number of hydrazone groups is 1. The van der Waals surface area contributed by atoms with Crippen LogP contribution in [0.2, 0.25) is 10.0 Å². The van der Waals surface area contributed by atoms with Gasteiger partial charge in [0.05, 0.1) is 30.1 Å². The largest absolute Gasteiger partial charge is 0.490 e. The number of benzene rings is 2. The second-order valence-electron chi connectivity index (χ2n) is 5.60. The lowest BCUT2D eigenvalue weighted by Gasteiger charge is -2.11. The summed E-state index contributed by atoms with van der Waals surface area (Å²) in [5.41, 5.74) is 5.42. The number of hydrogen-bond donors (Lipinski definition) is 1. The van der Waals surface area contributed by atoms with Gasteiger partial charge in [-0.1, -0.05) is 23.2 Å². The lowest BCUT2D eigenvalue weighted by Crippen LogP contribution is -1.99. The number of nitrogens with one attached hydrogen (secondary N) is 1. The maximum absolute atomic E-state index is 6.24. The summed E-state index contributed by atoms with van der Waals surface area (Å²) in [6, 6.07) is 11.0. The average Bonchev–Trinajstić information content (AvgIpc) is 3.13. The van der Waals surface area contributed by atoms with Gasteiger partial charge in [-0.3, -0.25) is 5.43 Å². The molecule has 0 fully saturated rings. The highest BCUT2D eigenvalue weighted by atomic mass is 35.5. The summed E-state index contributed by atoms with van der Waals surface area (Å²) in [4.78, 5) is 4.51. The predicted octanol–water partition coefficient (Wildman–Crippen LogP) is 6.36. The molecule has 3 aromatic rings. The van der Waals surface area contributed by atoms with Crippen LogP contribution >= 0.6 is 34.5 Å². The van der Waals surface area contributed by atoms with Gasteiger partial charge in [0.1, 0.15) is 0 Å². The molecule has 5 nitrogen and oxygen atoms in total. The van der Waals surface area contributed by atoms with E-state index < -0.39 is 0 Å². The summed E-state index contributed by atoms with van der Waals surface area (Å²) in [6.45, 7) is 5.02. The molecule has 0 spiro atoms. The molecule has 3 rings (SSSR count). The second-order valence-corrected chi connectivity index (χ2v) is 7.31. The molecule has 1 aromatic heterocycles. The van der Waals surface area contributed by atoms with Crippen LogP contribution < -0.4 is 14.9 Å².